The van der Waals surface area contributed by atoms with E-state index in [2.05, 4.69) is 273 Å². The number of para-hydroxylation sites is 1. The van der Waals surface area contributed by atoms with Crippen molar-refractivity contribution in [3.8, 4) is 17.3 Å². The number of benzene rings is 7. The van der Waals surface area contributed by atoms with Crippen LogP contribution in [0, 0.1) is 0 Å². The molecule has 0 unspecified atom stereocenters. The normalized spacial score (nSPS) is 13.5. The molecule has 5 heteroatoms. The van der Waals surface area contributed by atoms with Gasteiger partial charge in [0.1, 0.15) is 17.3 Å². The molecule has 0 aliphatic carbocycles. The van der Waals surface area contributed by atoms with E-state index in [1.165, 1.54) is 61.3 Å². The first-order chi connectivity index (χ1) is 34.0. The summed E-state index contributed by atoms with van der Waals surface area (Å²) in [7, 11) is 0. The molecule has 0 saturated heterocycles. The molecular formula is C66H68N4O. The summed E-state index contributed by atoms with van der Waals surface area (Å²) in [5, 5.41) is 2.32. The number of nitrogens with zero attached hydrogens (tertiary/aromatic N) is 4. The molecule has 0 N–H and O–H groups in total. The molecule has 10 rings (SSSR count). The summed E-state index contributed by atoms with van der Waals surface area (Å²) in [6.07, 6.45) is 4.34. The van der Waals surface area contributed by atoms with Gasteiger partial charge in [-0.25, -0.2) is 4.98 Å². The lowest BCUT2D eigenvalue weighted by Crippen LogP contribution is -2.28. The van der Waals surface area contributed by atoms with Crippen LogP contribution >= 0.6 is 0 Å². The molecule has 0 radical (unpaired) electrons. The zero-order valence-electron chi connectivity index (χ0n) is 43.5. The van der Waals surface area contributed by atoms with Gasteiger partial charge in [-0.1, -0.05) is 185 Å². The summed E-state index contributed by atoms with van der Waals surface area (Å²) in [6.45, 7) is 26.0. The fraction of sp³-hybridized carbons (Fsp3) is 0.258. The number of rotatable bonds is 12. The molecule has 0 fully saturated rings. The molecule has 5 nitrogen and oxygen atoms in total. The molecule has 358 valence electrons. The van der Waals surface area contributed by atoms with E-state index < -0.39 is 0 Å². The molecule has 0 amide bonds. The van der Waals surface area contributed by atoms with Gasteiger partial charge in [-0.05, 0) is 111 Å². The minimum absolute atomic E-state index is 0.0117. The van der Waals surface area contributed by atoms with Gasteiger partial charge < -0.3 is 14.5 Å². The van der Waals surface area contributed by atoms with Crippen LogP contribution in [0.5, 0.6) is 11.5 Å². The molecule has 0 atom stereocenters. The summed E-state index contributed by atoms with van der Waals surface area (Å²) < 4.78 is 9.51. The van der Waals surface area contributed by atoms with Crippen LogP contribution in [0.3, 0.4) is 0 Å². The second-order valence-electron chi connectivity index (χ2n) is 22.2. The average molecular weight is 933 g/mol. The van der Waals surface area contributed by atoms with Gasteiger partial charge in [-0.15, -0.1) is 0 Å². The van der Waals surface area contributed by atoms with Gasteiger partial charge in [0.25, 0.3) is 0 Å². The van der Waals surface area contributed by atoms with Crippen molar-refractivity contribution >= 4 is 38.9 Å². The average Bonchev–Trinajstić information content (AvgIpc) is 3.96. The quantitative estimate of drug-likeness (QED) is 0.122. The molecular weight excluding hydrogens is 865 g/mol. The van der Waals surface area contributed by atoms with Crippen LogP contribution in [0.25, 0.3) is 33.3 Å². The van der Waals surface area contributed by atoms with E-state index in [0.29, 0.717) is 18.5 Å². The van der Waals surface area contributed by atoms with Crippen molar-refractivity contribution in [2.24, 2.45) is 0 Å². The molecule has 2 aromatic heterocycles. The van der Waals surface area contributed by atoms with Gasteiger partial charge in [0, 0.05) is 63.1 Å². The number of aromatic nitrogens is 2. The molecule has 0 bridgehead atoms. The second kappa shape index (κ2) is 18.4. The fourth-order valence-corrected chi connectivity index (χ4v) is 10.6. The minimum atomic E-state index is -0.348. The lowest BCUT2D eigenvalue weighted by Gasteiger charge is -2.31. The molecule has 7 aromatic carbocycles. The van der Waals surface area contributed by atoms with E-state index in [-0.39, 0.29) is 16.2 Å². The van der Waals surface area contributed by atoms with E-state index in [1.807, 2.05) is 6.20 Å². The van der Waals surface area contributed by atoms with Crippen LogP contribution in [0.4, 0.5) is 11.4 Å². The van der Waals surface area contributed by atoms with Crippen molar-refractivity contribution < 1.29 is 4.74 Å². The van der Waals surface area contributed by atoms with E-state index in [1.54, 1.807) is 0 Å². The molecule has 1 aliphatic heterocycles. The number of anilines is 2. The minimum Gasteiger partial charge on any atom is -0.457 e. The second-order valence-corrected chi connectivity index (χ2v) is 22.2. The molecule has 0 spiro atoms. The molecule has 1 aliphatic rings. The smallest absolute Gasteiger partial charge is 0.137 e. The Hall–Kier alpha value is -7.37. The van der Waals surface area contributed by atoms with Crippen LogP contribution in [0.15, 0.2) is 188 Å². The van der Waals surface area contributed by atoms with Gasteiger partial charge in [-0.3, -0.25) is 4.57 Å². The Morgan fingerprint density at radius 3 is 1.73 bits per heavy atom. The standard InChI is InChI=1S/C66H68N4O/c1-44(2)55-29-21-30-56(45(3)4)63(55)61-42-68(51-27-20-26-48(36-51)64(5,6)7)43-69(61)52-37-50(66(10,11)47-24-16-13-17-25-47)38-54(40-52)71-53-32-33-58-57-28-18-19-31-59(57)70(60(58)41-53)62-39-49(34-35-67-62)65(8,9)46-22-14-12-15-23-46/h12-42,44-45H,43H2,1-11H3. The monoisotopic (exact) mass is 933 g/mol. The van der Waals surface area contributed by atoms with Gasteiger partial charge in [-0.2, -0.15) is 0 Å². The summed E-state index contributed by atoms with van der Waals surface area (Å²) >= 11 is 0. The number of fused-ring (bicyclic) bond motifs is 3. The van der Waals surface area contributed by atoms with E-state index in [0.717, 1.165) is 39.4 Å². The van der Waals surface area contributed by atoms with E-state index in [4.69, 9.17) is 9.72 Å². The largest absolute Gasteiger partial charge is 0.457 e. The molecule has 3 heterocycles. The lowest BCUT2D eigenvalue weighted by atomic mass is 9.78. The van der Waals surface area contributed by atoms with Crippen molar-refractivity contribution in [2.45, 2.75) is 104 Å². The van der Waals surface area contributed by atoms with Crippen LogP contribution in [0.1, 0.15) is 133 Å². The highest BCUT2D eigenvalue weighted by Gasteiger charge is 2.33. The van der Waals surface area contributed by atoms with E-state index in [9.17, 15) is 0 Å². The van der Waals surface area contributed by atoms with Crippen LogP contribution in [-0.2, 0) is 16.2 Å². The van der Waals surface area contributed by atoms with Crippen molar-refractivity contribution in [1.82, 2.24) is 9.55 Å². The Labute approximate surface area is 422 Å². The molecule has 0 saturated carbocycles. The summed E-state index contributed by atoms with van der Waals surface area (Å²) in [4.78, 5) is 9.99. The predicted molar refractivity (Wildman–Crippen MR) is 300 cm³/mol. The Bertz CT molecular complexity index is 3400. The van der Waals surface area contributed by atoms with Crippen LogP contribution < -0.4 is 14.5 Å². The van der Waals surface area contributed by atoms with Gasteiger partial charge >= 0.3 is 0 Å². The molecule has 9 aromatic rings. The topological polar surface area (TPSA) is 33.5 Å². The Balaban J connectivity index is 1.13. The third-order valence-electron chi connectivity index (χ3n) is 15.0. The first kappa shape index (κ1) is 47.3. The first-order valence-electron chi connectivity index (χ1n) is 25.4. The van der Waals surface area contributed by atoms with Gasteiger partial charge in [0.2, 0.25) is 0 Å². The summed E-state index contributed by atoms with van der Waals surface area (Å²) in [5.41, 5.74) is 15.2. The Morgan fingerprint density at radius 2 is 1.07 bits per heavy atom. The number of hydrogen-bond donors (Lipinski definition) is 0. The van der Waals surface area contributed by atoms with Crippen molar-refractivity contribution in [3.05, 3.63) is 233 Å². The third-order valence-corrected chi connectivity index (χ3v) is 15.0. The predicted octanol–water partition coefficient (Wildman–Crippen LogP) is 17.4. The summed E-state index contributed by atoms with van der Waals surface area (Å²) in [6, 6.07) is 64.0. The third kappa shape index (κ3) is 8.92. The maximum atomic E-state index is 7.22. The van der Waals surface area contributed by atoms with Gasteiger partial charge in [0.15, 0.2) is 0 Å². The lowest BCUT2D eigenvalue weighted by molar-refractivity contribution is 0.480. The highest BCUT2D eigenvalue weighted by molar-refractivity contribution is 6.09. The van der Waals surface area contributed by atoms with Crippen molar-refractivity contribution in [1.29, 1.82) is 0 Å². The summed E-state index contributed by atoms with van der Waals surface area (Å²) in [5.74, 6) is 3.06. The number of ether oxygens (including phenoxy) is 1. The molecule has 71 heavy (non-hydrogen) atoms. The fourth-order valence-electron chi connectivity index (χ4n) is 10.6. The Kier molecular flexibility index (Phi) is 12.3. The zero-order valence-corrected chi connectivity index (χ0v) is 43.5. The highest BCUT2D eigenvalue weighted by Crippen LogP contribution is 2.45. The maximum Gasteiger partial charge on any atom is 0.137 e. The maximum absolute atomic E-state index is 7.22. The number of pyridine rings is 1. The number of hydrogen-bond acceptors (Lipinski definition) is 4. The van der Waals surface area contributed by atoms with Crippen LogP contribution in [-0.4, -0.2) is 16.2 Å². The Morgan fingerprint density at radius 1 is 0.479 bits per heavy atom. The van der Waals surface area contributed by atoms with Crippen molar-refractivity contribution in [3.63, 3.8) is 0 Å². The zero-order chi connectivity index (χ0) is 49.8. The SMILES string of the molecule is CC(C)c1cccc(C(C)C)c1C1=CN(c2cccc(C(C)(C)C)c2)CN1c1cc(Oc2ccc3c4ccccc4n(-c4cc(C(C)(C)c5ccccc5)ccn4)c3c2)cc(C(C)(C)c2ccccc2)c1. The van der Waals surface area contributed by atoms with Crippen LogP contribution in [0.2, 0.25) is 0 Å². The highest BCUT2D eigenvalue weighted by atomic mass is 16.5. The first-order valence-corrected chi connectivity index (χ1v) is 25.4. The van der Waals surface area contributed by atoms with Gasteiger partial charge in [0.05, 0.1) is 23.4 Å². The van der Waals surface area contributed by atoms with Crippen molar-refractivity contribution in [2.75, 3.05) is 16.5 Å². The van der Waals surface area contributed by atoms with E-state index >= 15 is 0 Å².